The van der Waals surface area contributed by atoms with E-state index in [1.54, 1.807) is 42.5 Å². The Morgan fingerprint density at radius 2 is 1.62 bits per heavy atom. The maximum atomic E-state index is 12.1. The first kappa shape index (κ1) is 33.8. The molecule has 8 atom stereocenters. The van der Waals surface area contributed by atoms with Gasteiger partial charge in [0.25, 0.3) is 0 Å². The Kier molecular flexibility index (Phi) is 15.9. The lowest BCUT2D eigenvalue weighted by Crippen LogP contribution is -2.59. The molecular formula is C30H44O10. The molecule has 0 aliphatic carbocycles. The number of allylic oxidation sites excluding steroid dienone is 6. The monoisotopic (exact) mass is 564 g/mol. The molecule has 0 bridgehead atoms. The normalized spacial score (nSPS) is 38.4. The molecule has 0 unspecified atom stereocenters. The summed E-state index contributed by atoms with van der Waals surface area (Å²) in [6, 6.07) is 0. The van der Waals surface area contributed by atoms with Crippen LogP contribution < -0.4 is 0 Å². The van der Waals surface area contributed by atoms with Crippen LogP contribution in [0.3, 0.4) is 0 Å². The number of aliphatic hydroxyl groups excluding tert-OH is 5. The molecule has 0 saturated carbocycles. The van der Waals surface area contributed by atoms with Crippen LogP contribution in [0.25, 0.3) is 0 Å². The Morgan fingerprint density at radius 3 is 2.40 bits per heavy atom. The number of ketones is 1. The molecule has 2 aliphatic heterocycles. The fourth-order valence-corrected chi connectivity index (χ4v) is 4.21. The van der Waals surface area contributed by atoms with Crippen molar-refractivity contribution < 1.29 is 49.3 Å². The molecule has 224 valence electrons. The van der Waals surface area contributed by atoms with Gasteiger partial charge in [0.2, 0.25) is 0 Å². The molecule has 1 fully saturated rings. The van der Waals surface area contributed by atoms with Crippen molar-refractivity contribution in [2.24, 2.45) is 0 Å². The number of hydrogen-bond acceptors (Lipinski definition) is 10. The van der Waals surface area contributed by atoms with Crippen molar-refractivity contribution in [3.63, 3.8) is 0 Å². The lowest BCUT2D eigenvalue weighted by Gasteiger charge is -2.40. The molecule has 0 radical (unpaired) electrons. The minimum absolute atomic E-state index is 0.0103. The summed E-state index contributed by atoms with van der Waals surface area (Å²) in [5.41, 5.74) is 0. The smallest absolute Gasteiger partial charge is 0.331 e. The van der Waals surface area contributed by atoms with Crippen LogP contribution in [0.2, 0.25) is 0 Å². The Hall–Kier alpha value is -2.44. The number of ether oxygens (including phenoxy) is 3. The topological polar surface area (TPSA) is 163 Å². The van der Waals surface area contributed by atoms with Crippen molar-refractivity contribution in [3.8, 4) is 0 Å². The quantitative estimate of drug-likeness (QED) is 0.253. The standard InChI is InChI=1S/C30H44O10/c1-21-13-7-3-2-4-8-14-22(32)19-23(33)15-9-5-10-16-24(17-11-6-12-18-26(34)38-21)39-30-29(37)28(36)27(35)25(20-31)40-30/h2,4-6,9-12,16,18,21,23-25,27-31,33,35-37H,3,7-8,13-15,17,19-20H2,1H3/b4-2+,9-5-,11-6+,16-10+,18-12-/t21-,23+,24-,25+,27+,28-,29+,30+/m1/s1. The van der Waals surface area contributed by atoms with Crippen LogP contribution in [-0.4, -0.2) is 92.9 Å². The van der Waals surface area contributed by atoms with Crippen molar-refractivity contribution >= 4 is 11.8 Å². The third-order valence-electron chi connectivity index (χ3n) is 6.50. The maximum Gasteiger partial charge on any atom is 0.331 e. The van der Waals surface area contributed by atoms with Crippen molar-refractivity contribution in [2.75, 3.05) is 6.61 Å². The number of cyclic esters (lactones) is 1. The molecule has 2 aliphatic rings. The Morgan fingerprint density at radius 1 is 0.900 bits per heavy atom. The average molecular weight is 565 g/mol. The van der Waals surface area contributed by atoms with Crippen LogP contribution in [0.1, 0.15) is 58.3 Å². The van der Waals surface area contributed by atoms with E-state index >= 15 is 0 Å². The van der Waals surface area contributed by atoms with Crippen molar-refractivity contribution in [1.82, 2.24) is 0 Å². The fourth-order valence-electron chi connectivity index (χ4n) is 4.21. The number of carbonyl (C=O) groups is 2. The van der Waals surface area contributed by atoms with Gasteiger partial charge in [0.1, 0.15) is 30.2 Å². The van der Waals surface area contributed by atoms with Gasteiger partial charge in [-0.25, -0.2) is 4.79 Å². The highest BCUT2D eigenvalue weighted by Crippen LogP contribution is 2.24. The van der Waals surface area contributed by atoms with Gasteiger partial charge < -0.3 is 39.7 Å². The second-order valence-corrected chi connectivity index (χ2v) is 10.0. The Balaban J connectivity index is 2.11. The number of esters is 1. The van der Waals surface area contributed by atoms with Crippen LogP contribution in [0, 0.1) is 0 Å². The van der Waals surface area contributed by atoms with Crippen molar-refractivity contribution in [2.45, 2.75) is 107 Å². The number of hydrogen-bond donors (Lipinski definition) is 5. The first-order valence-corrected chi connectivity index (χ1v) is 13.9. The van der Waals surface area contributed by atoms with Gasteiger partial charge in [-0.05, 0) is 45.4 Å². The molecule has 2 rings (SSSR count). The summed E-state index contributed by atoms with van der Waals surface area (Å²) < 4.78 is 16.7. The number of Topliss-reactive ketones (excluding diaryl/α,β-unsaturated/α-hetero) is 1. The molecule has 5 N–H and O–H groups in total. The zero-order valence-corrected chi connectivity index (χ0v) is 23.0. The van der Waals surface area contributed by atoms with E-state index in [1.807, 2.05) is 19.1 Å². The molecule has 0 aromatic rings. The van der Waals surface area contributed by atoms with Crippen molar-refractivity contribution in [1.29, 1.82) is 0 Å². The summed E-state index contributed by atoms with van der Waals surface area (Å²) in [4.78, 5) is 24.2. The summed E-state index contributed by atoms with van der Waals surface area (Å²) in [6.45, 7) is 1.26. The van der Waals surface area contributed by atoms with Crippen LogP contribution in [-0.2, 0) is 23.8 Å². The Labute approximate surface area is 235 Å². The van der Waals surface area contributed by atoms with Gasteiger partial charge in [0, 0.05) is 18.9 Å². The first-order chi connectivity index (χ1) is 19.2. The fraction of sp³-hybridized carbons (Fsp3) is 0.600. The van der Waals surface area contributed by atoms with E-state index in [2.05, 4.69) is 0 Å². The third kappa shape index (κ3) is 12.8. The molecule has 0 aromatic carbocycles. The van der Waals surface area contributed by atoms with Crippen molar-refractivity contribution in [3.05, 3.63) is 60.8 Å². The van der Waals surface area contributed by atoms with Gasteiger partial charge in [0.15, 0.2) is 6.29 Å². The summed E-state index contributed by atoms with van der Waals surface area (Å²) in [5, 5.41) is 50.0. The first-order valence-electron chi connectivity index (χ1n) is 13.9. The summed E-state index contributed by atoms with van der Waals surface area (Å²) in [7, 11) is 0. The second-order valence-electron chi connectivity index (χ2n) is 10.0. The van der Waals surface area contributed by atoms with Crippen LogP contribution in [0.15, 0.2) is 60.8 Å². The SMILES string of the molecule is C[C@@H]1CCC/C=C/CCC(=O)C[C@@H](O)C/C=C\C=C\[C@@H](O[C@H]2O[C@@H](CO)[C@H](O)[C@@H](O)[C@@H]2O)C/C=C/C=C\C(=O)O1. The van der Waals surface area contributed by atoms with Gasteiger partial charge in [0.05, 0.1) is 24.9 Å². The maximum absolute atomic E-state index is 12.1. The van der Waals surface area contributed by atoms with E-state index in [1.165, 1.54) is 6.08 Å². The summed E-state index contributed by atoms with van der Waals surface area (Å²) in [6.07, 6.45) is 12.3. The average Bonchev–Trinajstić information content (AvgIpc) is 2.91. The van der Waals surface area contributed by atoms with Gasteiger partial charge in [-0.2, -0.15) is 0 Å². The van der Waals surface area contributed by atoms with E-state index in [0.717, 1.165) is 12.8 Å². The minimum Gasteiger partial charge on any atom is -0.460 e. The predicted octanol–water partition coefficient (Wildman–Crippen LogP) is 1.95. The molecule has 0 spiro atoms. The predicted molar refractivity (Wildman–Crippen MR) is 148 cm³/mol. The van der Waals surface area contributed by atoms with E-state index in [0.29, 0.717) is 32.1 Å². The molecule has 10 heteroatoms. The van der Waals surface area contributed by atoms with Gasteiger partial charge in [-0.3, -0.25) is 4.79 Å². The molecular weight excluding hydrogens is 520 g/mol. The lowest BCUT2D eigenvalue weighted by atomic mass is 9.99. The minimum atomic E-state index is -1.57. The zero-order chi connectivity index (χ0) is 29.3. The van der Waals surface area contributed by atoms with Gasteiger partial charge in [-0.1, -0.05) is 54.7 Å². The Bertz CT molecular complexity index is 906. The van der Waals surface area contributed by atoms with Gasteiger partial charge >= 0.3 is 5.97 Å². The molecule has 40 heavy (non-hydrogen) atoms. The number of carbonyl (C=O) groups excluding carboxylic acids is 2. The van der Waals surface area contributed by atoms with Gasteiger partial charge in [-0.15, -0.1) is 0 Å². The van der Waals surface area contributed by atoms with E-state index < -0.39 is 55.5 Å². The highest BCUT2D eigenvalue weighted by molar-refractivity contribution is 5.82. The molecule has 0 aromatic heterocycles. The largest absolute Gasteiger partial charge is 0.460 e. The molecule has 0 amide bonds. The van der Waals surface area contributed by atoms with Crippen LogP contribution in [0.4, 0.5) is 0 Å². The third-order valence-corrected chi connectivity index (χ3v) is 6.50. The zero-order valence-electron chi connectivity index (χ0n) is 23.0. The molecule has 10 nitrogen and oxygen atoms in total. The van der Waals surface area contributed by atoms with E-state index in [9.17, 15) is 35.1 Å². The molecule has 2 heterocycles. The molecule has 1 saturated heterocycles. The summed E-state index contributed by atoms with van der Waals surface area (Å²) >= 11 is 0. The highest BCUT2D eigenvalue weighted by Gasteiger charge is 2.44. The lowest BCUT2D eigenvalue weighted by molar-refractivity contribution is -0.307. The van der Waals surface area contributed by atoms with Crippen LogP contribution >= 0.6 is 0 Å². The summed E-state index contributed by atoms with van der Waals surface area (Å²) in [5.74, 6) is -0.467. The highest BCUT2D eigenvalue weighted by atomic mass is 16.7. The second kappa shape index (κ2) is 18.8. The number of aliphatic hydroxyl groups is 5. The van der Waals surface area contributed by atoms with Crippen LogP contribution in [0.5, 0.6) is 0 Å². The number of rotatable bonds is 3. The van der Waals surface area contributed by atoms with E-state index in [-0.39, 0.29) is 18.3 Å². The van der Waals surface area contributed by atoms with E-state index in [4.69, 9.17) is 14.2 Å².